The molecule has 0 spiro atoms. The summed E-state index contributed by atoms with van der Waals surface area (Å²) in [6.45, 7) is 8.85. The Morgan fingerprint density at radius 3 is 1.12 bits per heavy atom. The fourth-order valence-corrected chi connectivity index (χ4v) is 8.71. The second kappa shape index (κ2) is 27.8. The highest BCUT2D eigenvalue weighted by Gasteiger charge is 2.55. The predicted octanol–water partition coefficient (Wildman–Crippen LogP) is 10.1. The second-order valence-electron chi connectivity index (χ2n) is 17.9. The average Bonchev–Trinajstić information content (AvgIpc) is 3.42. The van der Waals surface area contributed by atoms with Gasteiger partial charge in [0.25, 0.3) is 0 Å². The van der Waals surface area contributed by atoms with Crippen LogP contribution >= 0.6 is 0 Å². The van der Waals surface area contributed by atoms with Crippen molar-refractivity contribution in [1.29, 1.82) is 0 Å². The standard InChI is InChI=1S/C60H66O12/c1-4-43(2)68-59-58(56(67-40-50-33-21-10-22-34-50)54(65-38-48-29-17-8-18-30-48)51(70-59)41-62-35-45-23-11-5-12-24-45)72-60-57(69-44(3)61)55(66-39-49-31-19-9-20-32-49)53(64-37-47-27-15-7-16-28-47)52(71-60)42-63-36-46-25-13-6-14-26-46/h4-34,43,51-60H,1,35-42H2,2-3H3/t43?,51-,52-,53-,54-,55+,56+,57-,58-,59-,60+/m1/s1. The van der Waals surface area contributed by atoms with Crippen molar-refractivity contribution in [2.45, 2.75) is 121 Å². The second-order valence-corrected chi connectivity index (χ2v) is 17.9. The Labute approximate surface area is 423 Å². The minimum Gasteiger partial charge on any atom is -0.454 e. The van der Waals surface area contributed by atoms with Gasteiger partial charge in [0.1, 0.15) is 42.7 Å². The first kappa shape index (κ1) is 52.5. The zero-order valence-electron chi connectivity index (χ0n) is 41.0. The molecule has 12 nitrogen and oxygen atoms in total. The van der Waals surface area contributed by atoms with E-state index in [9.17, 15) is 4.79 Å². The Morgan fingerprint density at radius 2 is 0.778 bits per heavy atom. The van der Waals surface area contributed by atoms with Gasteiger partial charge in [-0.15, -0.1) is 6.58 Å². The van der Waals surface area contributed by atoms with Gasteiger partial charge in [-0.3, -0.25) is 4.79 Å². The summed E-state index contributed by atoms with van der Waals surface area (Å²) in [6.07, 6.45) is -8.45. The molecule has 0 bridgehead atoms. The molecule has 6 aromatic carbocycles. The number of benzene rings is 6. The van der Waals surface area contributed by atoms with E-state index >= 15 is 0 Å². The van der Waals surface area contributed by atoms with Crippen molar-refractivity contribution in [3.05, 3.63) is 228 Å². The zero-order chi connectivity index (χ0) is 49.7. The van der Waals surface area contributed by atoms with Crippen molar-refractivity contribution >= 4 is 5.97 Å². The molecule has 2 aliphatic heterocycles. The van der Waals surface area contributed by atoms with Crippen LogP contribution < -0.4 is 0 Å². The van der Waals surface area contributed by atoms with E-state index in [1.54, 1.807) is 6.08 Å². The Balaban J connectivity index is 1.18. The van der Waals surface area contributed by atoms with Crippen molar-refractivity contribution in [1.82, 2.24) is 0 Å². The minimum atomic E-state index is -1.31. The van der Waals surface area contributed by atoms with Crippen LogP contribution in [0.25, 0.3) is 0 Å². The van der Waals surface area contributed by atoms with Gasteiger partial charge in [0.15, 0.2) is 18.7 Å². The molecule has 2 aliphatic rings. The molecule has 6 aromatic rings. The van der Waals surface area contributed by atoms with Crippen LogP contribution in [0.2, 0.25) is 0 Å². The van der Waals surface area contributed by atoms with Crippen LogP contribution in [0, 0.1) is 0 Å². The van der Waals surface area contributed by atoms with Crippen LogP contribution in [-0.2, 0) is 96.5 Å². The highest BCUT2D eigenvalue weighted by atomic mass is 16.8. The highest BCUT2D eigenvalue weighted by Crippen LogP contribution is 2.37. The van der Waals surface area contributed by atoms with Gasteiger partial charge in [-0.05, 0) is 40.3 Å². The largest absolute Gasteiger partial charge is 0.454 e. The van der Waals surface area contributed by atoms with E-state index in [0.717, 1.165) is 33.4 Å². The van der Waals surface area contributed by atoms with E-state index in [1.807, 2.05) is 189 Å². The van der Waals surface area contributed by atoms with Crippen LogP contribution in [-0.4, -0.2) is 86.7 Å². The fraction of sp³-hybridized carbons (Fsp3) is 0.350. The average molecular weight is 979 g/mol. The Morgan fingerprint density at radius 1 is 0.458 bits per heavy atom. The van der Waals surface area contributed by atoms with Gasteiger partial charge in [0.2, 0.25) is 0 Å². The maximum Gasteiger partial charge on any atom is 0.303 e. The number of rotatable bonds is 26. The smallest absolute Gasteiger partial charge is 0.303 e. The summed E-state index contributed by atoms with van der Waals surface area (Å²) < 4.78 is 74.7. The molecule has 11 atom stereocenters. The van der Waals surface area contributed by atoms with Crippen LogP contribution in [0.5, 0.6) is 0 Å². The molecular weight excluding hydrogens is 913 g/mol. The van der Waals surface area contributed by atoms with Gasteiger partial charge in [-0.2, -0.15) is 0 Å². The maximum atomic E-state index is 13.4. The predicted molar refractivity (Wildman–Crippen MR) is 271 cm³/mol. The van der Waals surface area contributed by atoms with E-state index in [4.69, 9.17) is 52.1 Å². The first-order chi connectivity index (χ1) is 35.4. The molecule has 2 heterocycles. The van der Waals surface area contributed by atoms with Gasteiger partial charge in [-0.1, -0.05) is 188 Å². The SMILES string of the molecule is C=CC(C)O[C@@H]1O[C@H](COCc2ccccc2)[C@@H](OCc2ccccc2)[C@H](OCc2ccccc2)[C@H]1O[C@@H]1O[C@H](COCc2ccccc2)[C@@H](OCc2ccccc2)[C@H](OCc2ccccc2)[C@H]1OC(C)=O. The van der Waals surface area contributed by atoms with E-state index in [-0.39, 0.29) is 39.6 Å². The van der Waals surface area contributed by atoms with Crippen molar-refractivity contribution < 1.29 is 56.9 Å². The van der Waals surface area contributed by atoms with Gasteiger partial charge < -0.3 is 52.1 Å². The van der Waals surface area contributed by atoms with Crippen LogP contribution in [0.1, 0.15) is 47.2 Å². The molecule has 8 rings (SSSR count). The van der Waals surface area contributed by atoms with Gasteiger partial charge in [0.05, 0.1) is 59.0 Å². The van der Waals surface area contributed by atoms with Gasteiger partial charge in [0, 0.05) is 6.92 Å². The summed E-state index contributed by atoms with van der Waals surface area (Å²) >= 11 is 0. The Bertz CT molecular complexity index is 2450. The normalized spacial score (nSPS) is 24.5. The summed E-state index contributed by atoms with van der Waals surface area (Å²) in [5, 5.41) is 0. The van der Waals surface area contributed by atoms with Crippen molar-refractivity contribution in [2.75, 3.05) is 13.2 Å². The number of carbonyl (C=O) groups excluding carboxylic acids is 1. The molecule has 0 radical (unpaired) electrons. The summed E-state index contributed by atoms with van der Waals surface area (Å²) in [4.78, 5) is 13.4. The first-order valence-electron chi connectivity index (χ1n) is 24.7. The van der Waals surface area contributed by atoms with Crippen LogP contribution in [0.4, 0.5) is 0 Å². The molecule has 378 valence electrons. The van der Waals surface area contributed by atoms with Crippen LogP contribution in [0.3, 0.4) is 0 Å². The topological polar surface area (TPSA) is 119 Å². The molecule has 0 N–H and O–H groups in total. The van der Waals surface area contributed by atoms with Crippen molar-refractivity contribution in [3.63, 3.8) is 0 Å². The molecule has 1 unspecified atom stereocenters. The lowest BCUT2D eigenvalue weighted by molar-refractivity contribution is -0.382. The lowest BCUT2D eigenvalue weighted by Crippen LogP contribution is -2.66. The summed E-state index contributed by atoms with van der Waals surface area (Å²) in [5.41, 5.74) is 5.70. The lowest BCUT2D eigenvalue weighted by atomic mass is 9.96. The summed E-state index contributed by atoms with van der Waals surface area (Å²) in [6, 6.07) is 59.2. The first-order valence-corrected chi connectivity index (χ1v) is 24.7. The quantitative estimate of drug-likeness (QED) is 0.0380. The van der Waals surface area contributed by atoms with Crippen molar-refractivity contribution in [3.8, 4) is 0 Å². The molecule has 2 fully saturated rings. The molecule has 12 heteroatoms. The van der Waals surface area contributed by atoms with E-state index in [1.165, 1.54) is 6.92 Å². The number of esters is 1. The lowest BCUT2D eigenvalue weighted by Gasteiger charge is -2.50. The van der Waals surface area contributed by atoms with Gasteiger partial charge >= 0.3 is 5.97 Å². The Hall–Kier alpha value is -5.87. The van der Waals surface area contributed by atoms with Gasteiger partial charge in [-0.25, -0.2) is 0 Å². The number of carbonyl (C=O) groups is 1. The highest BCUT2D eigenvalue weighted by molar-refractivity contribution is 5.66. The van der Waals surface area contributed by atoms with Crippen molar-refractivity contribution in [2.24, 2.45) is 0 Å². The minimum absolute atomic E-state index is 0.0678. The van der Waals surface area contributed by atoms with E-state index in [2.05, 4.69) is 6.58 Å². The monoisotopic (exact) mass is 978 g/mol. The third-order valence-corrected chi connectivity index (χ3v) is 12.4. The fourth-order valence-electron chi connectivity index (χ4n) is 8.71. The number of ether oxygens (including phenoxy) is 11. The molecule has 0 amide bonds. The summed E-state index contributed by atoms with van der Waals surface area (Å²) in [5.74, 6) is -0.573. The third-order valence-electron chi connectivity index (χ3n) is 12.4. The molecular formula is C60H66O12. The molecule has 0 saturated carbocycles. The third kappa shape index (κ3) is 15.6. The zero-order valence-corrected chi connectivity index (χ0v) is 41.0. The maximum absolute atomic E-state index is 13.4. The van der Waals surface area contributed by atoms with E-state index in [0.29, 0.717) is 13.2 Å². The Kier molecular flexibility index (Phi) is 20.3. The molecule has 2 saturated heterocycles. The molecule has 0 aromatic heterocycles. The van der Waals surface area contributed by atoms with Crippen LogP contribution in [0.15, 0.2) is 195 Å². The summed E-state index contributed by atoms with van der Waals surface area (Å²) in [7, 11) is 0. The number of hydrogen-bond donors (Lipinski definition) is 0. The van der Waals surface area contributed by atoms with E-state index < -0.39 is 73.5 Å². The number of hydrogen-bond acceptors (Lipinski definition) is 12. The molecule has 72 heavy (non-hydrogen) atoms. The molecule has 0 aliphatic carbocycles.